The number of aliphatic hydroxyl groups is 2. The van der Waals surface area contributed by atoms with Crippen LogP contribution in [0.4, 0.5) is 11.4 Å². The zero-order valence-electron chi connectivity index (χ0n) is 30.3. The van der Waals surface area contributed by atoms with E-state index in [0.717, 1.165) is 51.5 Å². The van der Waals surface area contributed by atoms with Crippen molar-refractivity contribution in [3.63, 3.8) is 0 Å². The highest BCUT2D eigenvalue weighted by atomic mass is 79.9. The summed E-state index contributed by atoms with van der Waals surface area (Å²) in [6, 6.07) is 51.7. The van der Waals surface area contributed by atoms with Crippen LogP contribution >= 0.6 is 63.7 Å². The third-order valence-corrected chi connectivity index (χ3v) is 13.5. The second kappa shape index (κ2) is 17.1. The molecule has 5 nitrogen and oxygen atoms in total. The monoisotopic (exact) mass is 996 g/mol. The molecule has 8 rings (SSSR count). The van der Waals surface area contributed by atoms with E-state index in [1.165, 1.54) is 0 Å². The van der Waals surface area contributed by atoms with Crippen molar-refractivity contribution in [3.8, 4) is 0 Å². The van der Waals surface area contributed by atoms with Gasteiger partial charge in [-0.1, -0.05) is 149 Å². The number of rotatable bonds is 10. The molecule has 0 spiro atoms. The minimum atomic E-state index is -0.845. The molecule has 6 aromatic rings. The first-order valence-corrected chi connectivity index (χ1v) is 21.9. The number of carbonyl (C=O) groups excluding carboxylic acids is 1. The number of Topliss-reactive ketones (excluding diaryl/α,β-unsaturated/α-hetero) is 1. The molecule has 0 aliphatic carbocycles. The normalized spacial score (nSPS) is 23.2. The van der Waals surface area contributed by atoms with Crippen molar-refractivity contribution < 1.29 is 15.0 Å². The van der Waals surface area contributed by atoms with E-state index < -0.39 is 36.4 Å². The molecule has 0 amide bonds. The third-order valence-electron chi connectivity index (χ3n) is 11.5. The van der Waals surface area contributed by atoms with E-state index in [2.05, 4.69) is 110 Å². The second-order valence-electron chi connectivity index (χ2n) is 14.7. The lowest BCUT2D eigenvalue weighted by molar-refractivity contribution is -0.123. The summed E-state index contributed by atoms with van der Waals surface area (Å²) in [5.41, 5.74) is 5.53. The lowest BCUT2D eigenvalue weighted by Gasteiger charge is -2.42. The Hall–Kier alpha value is -3.57. The van der Waals surface area contributed by atoms with Gasteiger partial charge >= 0.3 is 0 Å². The molecule has 2 unspecified atom stereocenters. The van der Waals surface area contributed by atoms with Gasteiger partial charge in [0, 0.05) is 53.9 Å². The van der Waals surface area contributed by atoms with Crippen molar-refractivity contribution in [2.45, 2.75) is 61.1 Å². The maximum Gasteiger partial charge on any atom is 0.151 e. The van der Waals surface area contributed by atoms with Gasteiger partial charge in [0.15, 0.2) is 5.78 Å². The fraction of sp³-hybridized carbons (Fsp3) is 0.213. The largest absolute Gasteiger partial charge is 0.374 e. The molecule has 0 radical (unpaired) electrons. The average Bonchev–Trinajstić information content (AvgIpc) is 3.72. The van der Waals surface area contributed by atoms with E-state index in [9.17, 15) is 10.2 Å². The lowest BCUT2D eigenvalue weighted by atomic mass is 9.70. The fourth-order valence-corrected chi connectivity index (χ4v) is 10.5. The molecule has 2 N–H and O–H groups in total. The summed E-state index contributed by atoms with van der Waals surface area (Å²) >= 11 is 14.7. The molecule has 2 aliphatic rings. The minimum absolute atomic E-state index is 0.0190. The zero-order valence-corrected chi connectivity index (χ0v) is 36.6. The van der Waals surface area contributed by atoms with E-state index in [0.29, 0.717) is 12.8 Å². The molecule has 9 heteroatoms. The first-order valence-electron chi connectivity index (χ1n) is 18.8. The highest BCUT2D eigenvalue weighted by molar-refractivity contribution is 9.11. The first kappa shape index (κ1) is 39.3. The summed E-state index contributed by atoms with van der Waals surface area (Å²) in [7, 11) is 0. The Bertz CT molecular complexity index is 2120. The Morgan fingerprint density at radius 1 is 0.482 bits per heavy atom. The van der Waals surface area contributed by atoms with Crippen LogP contribution in [0.3, 0.4) is 0 Å². The smallest absolute Gasteiger partial charge is 0.151 e. The van der Waals surface area contributed by atoms with Gasteiger partial charge in [-0.3, -0.25) is 4.79 Å². The van der Waals surface area contributed by atoms with Gasteiger partial charge in [-0.2, -0.15) is 0 Å². The number of carbonyl (C=O) groups is 1. The topological polar surface area (TPSA) is 64.0 Å². The zero-order chi connectivity index (χ0) is 38.9. The van der Waals surface area contributed by atoms with Gasteiger partial charge in [-0.15, -0.1) is 0 Å². The average molecular weight is 1000 g/mol. The first-order chi connectivity index (χ1) is 27.2. The van der Waals surface area contributed by atoms with Crippen molar-refractivity contribution >= 4 is 80.9 Å². The lowest BCUT2D eigenvalue weighted by Crippen LogP contribution is -2.49. The molecule has 284 valence electrons. The number of halogens is 4. The molecular weight excluding hydrogens is 960 g/mol. The maximum atomic E-state index is 16.6. The van der Waals surface area contributed by atoms with E-state index in [1.807, 2.05) is 121 Å². The van der Waals surface area contributed by atoms with E-state index in [-0.39, 0.29) is 17.6 Å². The maximum absolute atomic E-state index is 16.6. The van der Waals surface area contributed by atoms with Gasteiger partial charge in [0.25, 0.3) is 0 Å². The van der Waals surface area contributed by atoms with Gasteiger partial charge in [0.05, 0.1) is 23.9 Å². The van der Waals surface area contributed by atoms with E-state index in [1.54, 1.807) is 0 Å². The van der Waals surface area contributed by atoms with Crippen LogP contribution in [0.2, 0.25) is 0 Å². The van der Waals surface area contributed by atoms with Crippen molar-refractivity contribution in [2.24, 2.45) is 0 Å². The Morgan fingerprint density at radius 3 is 1.21 bits per heavy atom. The van der Waals surface area contributed by atoms with Crippen LogP contribution in [-0.4, -0.2) is 40.5 Å². The Labute approximate surface area is 361 Å². The molecule has 0 aromatic heterocycles. The van der Waals surface area contributed by atoms with Gasteiger partial charge in [0.1, 0.15) is 12.5 Å². The SMILES string of the molecule is O=C(C(c1cccc(Br)c1)[C@H]1[C@H](c2ccccc2)C[C@@H](O)N1c1ccc(Br)cc1)C(c1cccc(Br)c1)[C@H]1[C@H](c2ccccc2)C[C@@H](O)N1c1ccc(Br)cc1. The van der Waals surface area contributed by atoms with Crippen molar-refractivity contribution in [1.29, 1.82) is 0 Å². The van der Waals surface area contributed by atoms with Gasteiger partial charge in [0.2, 0.25) is 0 Å². The molecule has 2 aliphatic heterocycles. The van der Waals surface area contributed by atoms with Gasteiger partial charge < -0.3 is 20.0 Å². The van der Waals surface area contributed by atoms with Crippen LogP contribution in [0.5, 0.6) is 0 Å². The number of nitrogens with zero attached hydrogens (tertiary/aromatic N) is 2. The molecular formula is C47H40Br4N2O3. The van der Waals surface area contributed by atoms with Crippen LogP contribution in [0.1, 0.15) is 58.8 Å². The Balaban J connectivity index is 1.38. The number of benzene rings is 6. The number of aliphatic hydroxyl groups excluding tert-OH is 2. The number of hydrogen-bond donors (Lipinski definition) is 2. The summed E-state index contributed by atoms with van der Waals surface area (Å²) in [4.78, 5) is 20.7. The number of anilines is 2. The van der Waals surface area contributed by atoms with Crippen molar-refractivity contribution in [1.82, 2.24) is 0 Å². The van der Waals surface area contributed by atoms with Crippen molar-refractivity contribution in [3.05, 3.63) is 198 Å². The third kappa shape index (κ3) is 7.96. The fourth-order valence-electron chi connectivity index (χ4n) is 9.17. The minimum Gasteiger partial charge on any atom is -0.374 e. The van der Waals surface area contributed by atoms with Gasteiger partial charge in [-0.25, -0.2) is 0 Å². The second-order valence-corrected chi connectivity index (χ2v) is 18.3. The molecule has 2 heterocycles. The number of hydrogen-bond acceptors (Lipinski definition) is 5. The summed E-state index contributed by atoms with van der Waals surface area (Å²) in [5, 5.41) is 24.3. The molecule has 2 saturated heterocycles. The Morgan fingerprint density at radius 2 is 0.857 bits per heavy atom. The van der Waals surface area contributed by atoms with Crippen LogP contribution in [-0.2, 0) is 4.79 Å². The van der Waals surface area contributed by atoms with Crippen LogP contribution in [0.15, 0.2) is 176 Å². The Kier molecular flexibility index (Phi) is 12.0. The molecule has 56 heavy (non-hydrogen) atoms. The number of ketones is 1. The van der Waals surface area contributed by atoms with Crippen molar-refractivity contribution in [2.75, 3.05) is 9.80 Å². The molecule has 0 saturated carbocycles. The predicted molar refractivity (Wildman–Crippen MR) is 239 cm³/mol. The van der Waals surface area contributed by atoms with Crippen LogP contribution in [0, 0.1) is 0 Å². The van der Waals surface area contributed by atoms with E-state index in [4.69, 9.17) is 0 Å². The summed E-state index contributed by atoms with van der Waals surface area (Å²) in [5.74, 6) is -1.77. The summed E-state index contributed by atoms with van der Waals surface area (Å²) in [6.07, 6.45) is -0.793. The highest BCUT2D eigenvalue weighted by Gasteiger charge is 2.54. The predicted octanol–water partition coefficient (Wildman–Crippen LogP) is 11.9. The van der Waals surface area contributed by atoms with Gasteiger partial charge in [-0.05, 0) is 95.1 Å². The van der Waals surface area contributed by atoms with Crippen LogP contribution in [0.25, 0.3) is 0 Å². The summed E-state index contributed by atoms with van der Waals surface area (Å²) < 4.78 is 3.60. The molecule has 6 aromatic carbocycles. The molecule has 2 fully saturated rings. The summed E-state index contributed by atoms with van der Waals surface area (Å²) in [6.45, 7) is 0. The highest BCUT2D eigenvalue weighted by Crippen LogP contribution is 2.52. The standard InChI is InChI=1S/C47H40Br4N2O3/c48-33-17-21-37(22-18-33)52-41(54)27-39(29-9-3-1-4-10-29)45(52)43(31-13-7-15-35(50)25-31)47(56)44(32-14-8-16-36(51)26-32)46-40(30-11-5-2-6-12-30)28-42(55)53(46)38-23-19-34(49)20-24-38/h1-26,39-46,54-55H,27-28H2/t39-,40-,41+,42+,43?,44?,45+,46+/m0/s1. The van der Waals surface area contributed by atoms with E-state index >= 15 is 4.79 Å². The quantitative estimate of drug-likeness (QED) is 0.143. The molecule has 0 bridgehead atoms. The van der Waals surface area contributed by atoms with Crippen LogP contribution < -0.4 is 9.80 Å². The molecule has 8 atom stereocenters.